The van der Waals surface area contributed by atoms with Gasteiger partial charge in [-0.2, -0.15) is 0 Å². The predicted octanol–water partition coefficient (Wildman–Crippen LogP) is 1.96. The summed E-state index contributed by atoms with van der Waals surface area (Å²) in [7, 11) is 0. The van der Waals surface area contributed by atoms with Crippen molar-refractivity contribution in [2.75, 3.05) is 38.0 Å². The third-order valence-electron chi connectivity index (χ3n) is 5.84. The molecule has 3 amide bonds. The molecule has 8 heteroatoms. The smallest absolute Gasteiger partial charge is 0.278 e. The third kappa shape index (κ3) is 4.40. The highest BCUT2D eigenvalue weighted by Gasteiger charge is 2.42. The molecule has 1 N–H and O–H groups in total. The van der Waals surface area contributed by atoms with Crippen molar-refractivity contribution in [3.8, 4) is 0 Å². The molecule has 8 nitrogen and oxygen atoms in total. The van der Waals surface area contributed by atoms with E-state index in [-0.39, 0.29) is 24.3 Å². The maximum absolute atomic E-state index is 13.5. The molecule has 2 aromatic rings. The summed E-state index contributed by atoms with van der Waals surface area (Å²) in [4.78, 5) is 48.1. The first-order valence-electron chi connectivity index (χ1n) is 10.8. The SMILES string of the molecule is CCN1CCN(C2=C(c3ccc(NC(C)=O)cc3)C(=O)N(Cc3cccnc3)C2=O)CC1. The second kappa shape index (κ2) is 9.32. The largest absolute Gasteiger partial charge is 0.364 e. The molecule has 0 spiro atoms. The fourth-order valence-electron chi connectivity index (χ4n) is 4.15. The standard InChI is InChI=1S/C24H27N5O3/c1-3-27-11-13-28(14-12-27)22-21(19-6-8-20(9-7-19)26-17(2)30)23(31)29(24(22)32)16-18-5-4-10-25-15-18/h4-10,15H,3,11-14,16H2,1-2H3,(H,26,30). The van der Waals surface area contributed by atoms with Gasteiger partial charge in [-0.1, -0.05) is 25.1 Å². The minimum Gasteiger partial charge on any atom is -0.364 e. The van der Waals surface area contributed by atoms with Crippen molar-refractivity contribution in [1.29, 1.82) is 0 Å². The van der Waals surface area contributed by atoms with Crippen LogP contribution in [0.4, 0.5) is 5.69 Å². The van der Waals surface area contributed by atoms with Gasteiger partial charge in [-0.25, -0.2) is 0 Å². The van der Waals surface area contributed by atoms with E-state index >= 15 is 0 Å². The van der Waals surface area contributed by atoms with Gasteiger partial charge in [0.2, 0.25) is 5.91 Å². The van der Waals surface area contributed by atoms with Crippen molar-refractivity contribution in [2.24, 2.45) is 0 Å². The summed E-state index contributed by atoms with van der Waals surface area (Å²) < 4.78 is 0. The molecule has 1 aromatic carbocycles. The van der Waals surface area contributed by atoms with E-state index in [4.69, 9.17) is 0 Å². The molecule has 1 saturated heterocycles. The molecule has 1 aromatic heterocycles. The van der Waals surface area contributed by atoms with E-state index in [2.05, 4.69) is 22.1 Å². The molecule has 0 atom stereocenters. The number of amides is 3. The first-order valence-corrected chi connectivity index (χ1v) is 10.8. The lowest BCUT2D eigenvalue weighted by atomic mass is 10.0. The number of aromatic nitrogens is 1. The first-order chi connectivity index (χ1) is 15.5. The van der Waals surface area contributed by atoms with Crippen LogP contribution in [0.25, 0.3) is 5.57 Å². The van der Waals surface area contributed by atoms with Crippen molar-refractivity contribution >= 4 is 29.0 Å². The predicted molar refractivity (Wildman–Crippen MR) is 121 cm³/mol. The zero-order chi connectivity index (χ0) is 22.7. The fraction of sp³-hybridized carbons (Fsp3) is 0.333. The molecule has 1 fully saturated rings. The Morgan fingerprint density at radius 3 is 2.34 bits per heavy atom. The molecule has 2 aliphatic rings. The molecule has 166 valence electrons. The monoisotopic (exact) mass is 433 g/mol. The number of carbonyl (C=O) groups excluding carboxylic acids is 3. The molecule has 0 aliphatic carbocycles. The Morgan fingerprint density at radius 2 is 1.75 bits per heavy atom. The van der Waals surface area contributed by atoms with Crippen LogP contribution in [0.3, 0.4) is 0 Å². The average Bonchev–Trinajstić information content (AvgIpc) is 3.05. The van der Waals surface area contributed by atoms with Crippen LogP contribution >= 0.6 is 0 Å². The van der Waals surface area contributed by atoms with E-state index in [9.17, 15) is 14.4 Å². The Hall–Kier alpha value is -3.52. The second-order valence-corrected chi connectivity index (χ2v) is 7.96. The van der Waals surface area contributed by atoms with Crippen molar-refractivity contribution in [1.82, 2.24) is 19.7 Å². The molecule has 0 unspecified atom stereocenters. The maximum Gasteiger partial charge on any atom is 0.278 e. The molecule has 0 saturated carbocycles. The van der Waals surface area contributed by atoms with Crippen LogP contribution in [0.15, 0.2) is 54.5 Å². The molecule has 0 radical (unpaired) electrons. The topological polar surface area (TPSA) is 85.8 Å². The molecule has 32 heavy (non-hydrogen) atoms. The number of nitrogens with one attached hydrogen (secondary N) is 1. The summed E-state index contributed by atoms with van der Waals surface area (Å²) in [5.41, 5.74) is 2.98. The molecule has 2 aliphatic heterocycles. The summed E-state index contributed by atoms with van der Waals surface area (Å²) in [5.74, 6) is -0.745. The number of hydrogen-bond donors (Lipinski definition) is 1. The van der Waals surface area contributed by atoms with Gasteiger partial charge in [0, 0.05) is 51.2 Å². The molecule has 3 heterocycles. The van der Waals surface area contributed by atoms with Gasteiger partial charge in [0.25, 0.3) is 11.8 Å². The number of pyridine rings is 1. The van der Waals surface area contributed by atoms with E-state index in [0.717, 1.165) is 25.2 Å². The van der Waals surface area contributed by atoms with Crippen molar-refractivity contribution < 1.29 is 14.4 Å². The number of imide groups is 1. The number of hydrogen-bond acceptors (Lipinski definition) is 6. The van der Waals surface area contributed by atoms with Crippen LogP contribution in [0.1, 0.15) is 25.0 Å². The Bertz CT molecular complexity index is 1040. The molecular formula is C24H27N5O3. The lowest BCUT2D eigenvalue weighted by Gasteiger charge is -2.36. The highest BCUT2D eigenvalue weighted by molar-refractivity contribution is 6.35. The number of likely N-dealkylation sites (N-methyl/N-ethyl adjacent to an activating group) is 1. The summed E-state index contributed by atoms with van der Waals surface area (Å²) in [6.45, 7) is 7.78. The Kier molecular flexibility index (Phi) is 6.32. The Morgan fingerprint density at radius 1 is 1.03 bits per heavy atom. The summed E-state index contributed by atoms with van der Waals surface area (Å²) in [6, 6.07) is 10.7. The van der Waals surface area contributed by atoms with E-state index in [1.165, 1.54) is 11.8 Å². The van der Waals surface area contributed by atoms with Gasteiger partial charge in [0.05, 0.1) is 12.1 Å². The van der Waals surface area contributed by atoms with E-state index in [1.807, 2.05) is 11.0 Å². The minimum atomic E-state index is -0.306. The van der Waals surface area contributed by atoms with Gasteiger partial charge in [0.1, 0.15) is 5.70 Å². The van der Waals surface area contributed by atoms with Crippen molar-refractivity contribution in [2.45, 2.75) is 20.4 Å². The highest BCUT2D eigenvalue weighted by Crippen LogP contribution is 2.33. The first kappa shape index (κ1) is 21.7. The van der Waals surface area contributed by atoms with Crippen LogP contribution < -0.4 is 5.32 Å². The van der Waals surface area contributed by atoms with Gasteiger partial charge in [0.15, 0.2) is 0 Å². The molecule has 4 rings (SSSR count). The van der Waals surface area contributed by atoms with Crippen LogP contribution in [0.5, 0.6) is 0 Å². The zero-order valence-electron chi connectivity index (χ0n) is 18.4. The summed E-state index contributed by atoms with van der Waals surface area (Å²) >= 11 is 0. The summed E-state index contributed by atoms with van der Waals surface area (Å²) in [6.07, 6.45) is 3.33. The van der Waals surface area contributed by atoms with Crippen molar-refractivity contribution in [3.63, 3.8) is 0 Å². The lowest BCUT2D eigenvalue weighted by Crippen LogP contribution is -2.47. The van der Waals surface area contributed by atoms with E-state index in [1.54, 1.807) is 42.7 Å². The minimum absolute atomic E-state index is 0.166. The number of anilines is 1. The number of rotatable bonds is 6. The normalized spacial score (nSPS) is 17.3. The van der Waals surface area contributed by atoms with Crippen molar-refractivity contribution in [3.05, 3.63) is 65.6 Å². The maximum atomic E-state index is 13.5. The van der Waals surface area contributed by atoms with Crippen LogP contribution in [0.2, 0.25) is 0 Å². The van der Waals surface area contributed by atoms with Gasteiger partial charge >= 0.3 is 0 Å². The average molecular weight is 434 g/mol. The zero-order valence-corrected chi connectivity index (χ0v) is 18.4. The molecular weight excluding hydrogens is 406 g/mol. The number of carbonyl (C=O) groups is 3. The highest BCUT2D eigenvalue weighted by atomic mass is 16.2. The number of nitrogens with zero attached hydrogens (tertiary/aromatic N) is 4. The lowest BCUT2D eigenvalue weighted by molar-refractivity contribution is -0.138. The van der Waals surface area contributed by atoms with E-state index in [0.29, 0.717) is 35.6 Å². The molecule has 0 bridgehead atoms. The van der Waals surface area contributed by atoms with Crippen LogP contribution in [0, 0.1) is 0 Å². The van der Waals surface area contributed by atoms with Gasteiger partial charge in [-0.05, 0) is 35.9 Å². The van der Waals surface area contributed by atoms with Gasteiger partial charge < -0.3 is 15.1 Å². The Labute approximate surface area is 187 Å². The van der Waals surface area contributed by atoms with Gasteiger partial charge in [-0.15, -0.1) is 0 Å². The number of piperazine rings is 1. The Balaban J connectivity index is 1.68. The third-order valence-corrected chi connectivity index (χ3v) is 5.84. The van der Waals surface area contributed by atoms with Gasteiger partial charge in [-0.3, -0.25) is 24.3 Å². The quantitative estimate of drug-likeness (QED) is 0.701. The second-order valence-electron chi connectivity index (χ2n) is 7.96. The fourth-order valence-corrected chi connectivity index (χ4v) is 4.15. The summed E-state index contributed by atoms with van der Waals surface area (Å²) in [5, 5.41) is 2.73. The number of benzene rings is 1. The van der Waals surface area contributed by atoms with Crippen LogP contribution in [-0.4, -0.2) is 70.1 Å². The van der Waals surface area contributed by atoms with Crippen LogP contribution in [-0.2, 0) is 20.9 Å². The van der Waals surface area contributed by atoms with E-state index < -0.39 is 0 Å².